The number of hydrogen-bond acceptors (Lipinski definition) is 4. The zero-order chi connectivity index (χ0) is 14.8. The van der Waals surface area contributed by atoms with Gasteiger partial charge in [0.05, 0.1) is 29.4 Å². The predicted molar refractivity (Wildman–Crippen MR) is 82.2 cm³/mol. The molecule has 0 radical (unpaired) electrons. The molecule has 0 amide bonds. The molecule has 1 aromatic carbocycles. The fourth-order valence-electron chi connectivity index (χ4n) is 2.53. The van der Waals surface area contributed by atoms with Crippen molar-refractivity contribution in [3.05, 3.63) is 36.0 Å². The summed E-state index contributed by atoms with van der Waals surface area (Å²) in [6, 6.07) is 10.1. The number of fused-ring (bicyclic) bond motifs is 1. The number of pyridine rings is 1. The van der Waals surface area contributed by atoms with Crippen molar-refractivity contribution in [1.29, 1.82) is 5.26 Å². The lowest BCUT2D eigenvalue weighted by Crippen LogP contribution is -2.14. The lowest BCUT2D eigenvalue weighted by atomic mass is 10.1. The quantitative estimate of drug-likeness (QED) is 0.791. The summed E-state index contributed by atoms with van der Waals surface area (Å²) in [6.45, 7) is 7.43. The van der Waals surface area contributed by atoms with Gasteiger partial charge >= 0.3 is 0 Å². The van der Waals surface area contributed by atoms with Gasteiger partial charge in [0.2, 0.25) is 0 Å². The highest BCUT2D eigenvalue weighted by Gasteiger charge is 2.34. The Labute approximate surface area is 125 Å². The number of nitrogens with zero attached hydrogens (tertiary/aromatic N) is 3. The number of nitriles is 1. The standard InChI is InChI=1S/C17H19N3O/c1-12(2)9-20-10-15(20)11-21-16-6-14-5-13(7-18)3-4-17(14)19-8-16/h3-6,8,12,15H,9-11H2,1-2H3. The fourth-order valence-corrected chi connectivity index (χ4v) is 2.53. The summed E-state index contributed by atoms with van der Waals surface area (Å²) in [5.74, 6) is 1.47. The van der Waals surface area contributed by atoms with Gasteiger partial charge in [-0.15, -0.1) is 0 Å². The summed E-state index contributed by atoms with van der Waals surface area (Å²) >= 11 is 0. The van der Waals surface area contributed by atoms with Crippen LogP contribution in [-0.4, -0.2) is 35.6 Å². The third kappa shape index (κ3) is 3.32. The van der Waals surface area contributed by atoms with Crippen molar-refractivity contribution in [2.24, 2.45) is 5.92 Å². The lowest BCUT2D eigenvalue weighted by molar-refractivity contribution is 0.287. The van der Waals surface area contributed by atoms with E-state index in [1.54, 1.807) is 12.3 Å². The Morgan fingerprint density at radius 2 is 2.29 bits per heavy atom. The van der Waals surface area contributed by atoms with E-state index in [0.717, 1.165) is 29.7 Å². The largest absolute Gasteiger partial charge is 0.490 e. The van der Waals surface area contributed by atoms with Crippen LogP contribution < -0.4 is 4.74 Å². The minimum absolute atomic E-state index is 0.536. The van der Waals surface area contributed by atoms with Gasteiger partial charge in [0, 0.05) is 18.5 Å². The average molecular weight is 281 g/mol. The minimum Gasteiger partial charge on any atom is -0.490 e. The SMILES string of the molecule is CC(C)CN1CC1COc1cnc2ccc(C#N)cc2c1. The Kier molecular flexibility index (Phi) is 3.76. The molecule has 0 bridgehead atoms. The highest BCUT2D eigenvalue weighted by molar-refractivity contribution is 5.81. The average Bonchev–Trinajstić information content (AvgIpc) is 3.21. The minimum atomic E-state index is 0.536. The van der Waals surface area contributed by atoms with Gasteiger partial charge in [0.1, 0.15) is 12.4 Å². The lowest BCUT2D eigenvalue weighted by Gasteiger charge is -2.09. The molecule has 2 aromatic rings. The van der Waals surface area contributed by atoms with Gasteiger partial charge in [-0.25, -0.2) is 0 Å². The first-order chi connectivity index (χ1) is 10.2. The molecular weight excluding hydrogens is 262 g/mol. The van der Waals surface area contributed by atoms with Gasteiger partial charge in [-0.3, -0.25) is 9.88 Å². The van der Waals surface area contributed by atoms with Crippen LogP contribution in [0.3, 0.4) is 0 Å². The Bertz CT molecular complexity index is 690. The Morgan fingerprint density at radius 1 is 1.43 bits per heavy atom. The molecule has 1 aliphatic heterocycles. The van der Waals surface area contributed by atoms with Crippen LogP contribution in [0.4, 0.5) is 0 Å². The maximum atomic E-state index is 8.94. The molecule has 0 spiro atoms. The Hall–Kier alpha value is -2.12. The summed E-state index contributed by atoms with van der Waals surface area (Å²) < 4.78 is 5.84. The van der Waals surface area contributed by atoms with E-state index in [-0.39, 0.29) is 0 Å². The second kappa shape index (κ2) is 5.71. The van der Waals surface area contributed by atoms with E-state index in [9.17, 15) is 0 Å². The Morgan fingerprint density at radius 3 is 3.05 bits per heavy atom. The normalized spacial score (nSPS) is 20.5. The van der Waals surface area contributed by atoms with Crippen molar-refractivity contribution >= 4 is 10.9 Å². The molecule has 1 aliphatic rings. The third-order valence-electron chi connectivity index (χ3n) is 3.66. The summed E-state index contributed by atoms with van der Waals surface area (Å²) in [7, 11) is 0. The van der Waals surface area contributed by atoms with E-state index >= 15 is 0 Å². The highest BCUT2D eigenvalue weighted by atomic mass is 16.5. The second-order valence-corrected chi connectivity index (χ2v) is 6.00. The van der Waals surface area contributed by atoms with Gasteiger partial charge in [0.15, 0.2) is 0 Å². The molecular formula is C17H19N3O. The van der Waals surface area contributed by atoms with Crippen LogP contribution >= 0.6 is 0 Å². The van der Waals surface area contributed by atoms with Crippen molar-refractivity contribution in [2.75, 3.05) is 19.7 Å². The van der Waals surface area contributed by atoms with Crippen LogP contribution in [0.2, 0.25) is 0 Å². The molecule has 1 fully saturated rings. The fraction of sp³-hybridized carbons (Fsp3) is 0.412. The van der Waals surface area contributed by atoms with Crippen LogP contribution in [0.15, 0.2) is 30.5 Å². The van der Waals surface area contributed by atoms with Crippen molar-refractivity contribution in [3.63, 3.8) is 0 Å². The summed E-state index contributed by atoms with van der Waals surface area (Å²) in [5, 5.41) is 9.89. The number of benzene rings is 1. The summed E-state index contributed by atoms with van der Waals surface area (Å²) in [5.41, 5.74) is 1.53. The van der Waals surface area contributed by atoms with E-state index in [0.29, 0.717) is 24.1 Å². The van der Waals surface area contributed by atoms with E-state index in [4.69, 9.17) is 10.00 Å². The predicted octanol–water partition coefficient (Wildman–Crippen LogP) is 2.83. The molecule has 4 heteroatoms. The molecule has 1 aromatic heterocycles. The number of ether oxygens (including phenoxy) is 1. The molecule has 2 atom stereocenters. The molecule has 1 saturated heterocycles. The van der Waals surface area contributed by atoms with E-state index < -0.39 is 0 Å². The smallest absolute Gasteiger partial charge is 0.138 e. The van der Waals surface area contributed by atoms with Gasteiger partial charge in [-0.1, -0.05) is 13.8 Å². The van der Waals surface area contributed by atoms with Crippen LogP contribution in [0.25, 0.3) is 10.9 Å². The van der Waals surface area contributed by atoms with Crippen molar-refractivity contribution in [3.8, 4) is 11.8 Å². The molecule has 2 heterocycles. The van der Waals surface area contributed by atoms with Crippen molar-refractivity contribution < 1.29 is 4.74 Å². The molecule has 0 N–H and O–H groups in total. The maximum absolute atomic E-state index is 8.94. The molecule has 0 aliphatic carbocycles. The molecule has 108 valence electrons. The van der Waals surface area contributed by atoms with E-state index in [1.807, 2.05) is 18.2 Å². The zero-order valence-corrected chi connectivity index (χ0v) is 12.4. The van der Waals surface area contributed by atoms with Gasteiger partial charge in [-0.2, -0.15) is 5.26 Å². The van der Waals surface area contributed by atoms with Gasteiger partial charge in [-0.05, 0) is 30.2 Å². The first-order valence-electron chi connectivity index (χ1n) is 7.32. The highest BCUT2D eigenvalue weighted by Crippen LogP contribution is 2.23. The van der Waals surface area contributed by atoms with Crippen LogP contribution in [0.1, 0.15) is 19.4 Å². The third-order valence-corrected chi connectivity index (χ3v) is 3.66. The van der Waals surface area contributed by atoms with Crippen LogP contribution in [0, 0.1) is 17.2 Å². The monoisotopic (exact) mass is 281 g/mol. The van der Waals surface area contributed by atoms with E-state index in [1.165, 1.54) is 0 Å². The number of hydrogen-bond donors (Lipinski definition) is 0. The van der Waals surface area contributed by atoms with Crippen molar-refractivity contribution in [1.82, 2.24) is 9.88 Å². The van der Waals surface area contributed by atoms with E-state index in [2.05, 4.69) is 29.8 Å². The summed E-state index contributed by atoms with van der Waals surface area (Å²) in [6.07, 6.45) is 1.75. The van der Waals surface area contributed by atoms with Crippen LogP contribution in [-0.2, 0) is 0 Å². The molecule has 2 unspecified atom stereocenters. The zero-order valence-electron chi connectivity index (χ0n) is 12.4. The number of rotatable bonds is 5. The molecule has 21 heavy (non-hydrogen) atoms. The molecule has 3 rings (SSSR count). The Balaban J connectivity index is 1.64. The molecule has 4 nitrogen and oxygen atoms in total. The topological polar surface area (TPSA) is 48.9 Å². The maximum Gasteiger partial charge on any atom is 0.138 e. The molecule has 0 saturated carbocycles. The summed E-state index contributed by atoms with van der Waals surface area (Å²) in [4.78, 5) is 6.80. The first-order valence-corrected chi connectivity index (χ1v) is 7.32. The number of aromatic nitrogens is 1. The second-order valence-electron chi connectivity index (χ2n) is 6.00. The van der Waals surface area contributed by atoms with Crippen LogP contribution in [0.5, 0.6) is 5.75 Å². The first kappa shape index (κ1) is 13.8. The van der Waals surface area contributed by atoms with Crippen molar-refractivity contribution in [2.45, 2.75) is 19.9 Å². The van der Waals surface area contributed by atoms with Gasteiger partial charge in [0.25, 0.3) is 0 Å². The van der Waals surface area contributed by atoms with Gasteiger partial charge < -0.3 is 4.74 Å².